The van der Waals surface area contributed by atoms with Crippen LogP contribution in [0.4, 0.5) is 0 Å². The molecular formula is C27H46N2O3. The first-order valence-electron chi connectivity index (χ1n) is 13.9. The number of likely N-dealkylation sites (tertiary alicyclic amines) is 1. The second-order valence-corrected chi connectivity index (χ2v) is 12.8. The minimum Gasteiger partial charge on any atom is -0.391 e. The first-order chi connectivity index (χ1) is 15.4. The minimum atomic E-state index is -0.176. The summed E-state index contributed by atoms with van der Waals surface area (Å²) in [4.78, 5) is 5.20. The second kappa shape index (κ2) is 8.19. The summed E-state index contributed by atoms with van der Waals surface area (Å²) in [5, 5.41) is 22.7. The maximum absolute atomic E-state index is 11.5. The van der Waals surface area contributed by atoms with Gasteiger partial charge in [0.05, 0.1) is 25.4 Å². The van der Waals surface area contributed by atoms with Gasteiger partial charge in [0.1, 0.15) is 0 Å². The normalized spacial score (nSPS) is 54.8. The molecule has 0 amide bonds. The van der Waals surface area contributed by atoms with Crippen LogP contribution in [-0.4, -0.2) is 83.7 Å². The van der Waals surface area contributed by atoms with E-state index >= 15 is 0 Å². The number of nitrogens with zero attached hydrogens (tertiary/aromatic N) is 2. The fraction of sp³-hybridized carbons (Fsp3) is 1.00. The summed E-state index contributed by atoms with van der Waals surface area (Å²) < 4.78 is 5.64. The van der Waals surface area contributed by atoms with E-state index in [1.165, 1.54) is 64.5 Å². The molecule has 0 radical (unpaired) electrons. The Balaban J connectivity index is 1.26. The van der Waals surface area contributed by atoms with E-state index in [9.17, 15) is 10.2 Å². The van der Waals surface area contributed by atoms with Crippen molar-refractivity contribution in [1.82, 2.24) is 9.80 Å². The Kier molecular flexibility index (Phi) is 5.70. The van der Waals surface area contributed by atoms with Gasteiger partial charge in [0, 0.05) is 25.2 Å². The van der Waals surface area contributed by atoms with Crippen molar-refractivity contribution in [3.63, 3.8) is 0 Å². The third kappa shape index (κ3) is 3.21. The van der Waals surface area contributed by atoms with Gasteiger partial charge in [-0.05, 0) is 105 Å². The highest BCUT2D eigenvalue weighted by atomic mass is 16.5. The van der Waals surface area contributed by atoms with Crippen LogP contribution >= 0.6 is 0 Å². The lowest BCUT2D eigenvalue weighted by Gasteiger charge is -2.63. The van der Waals surface area contributed by atoms with Gasteiger partial charge in [-0.25, -0.2) is 0 Å². The number of morpholine rings is 1. The lowest BCUT2D eigenvalue weighted by atomic mass is 9.44. The number of hydrogen-bond acceptors (Lipinski definition) is 5. The third-order valence-electron chi connectivity index (χ3n) is 11.8. The molecule has 0 unspecified atom stereocenters. The van der Waals surface area contributed by atoms with E-state index in [4.69, 9.17) is 4.74 Å². The second-order valence-electron chi connectivity index (χ2n) is 12.8. The molecule has 2 saturated heterocycles. The Morgan fingerprint density at radius 1 is 0.750 bits per heavy atom. The van der Waals surface area contributed by atoms with Gasteiger partial charge in [-0.3, -0.25) is 9.80 Å². The van der Waals surface area contributed by atoms with Crippen LogP contribution in [0.25, 0.3) is 0 Å². The van der Waals surface area contributed by atoms with Gasteiger partial charge >= 0.3 is 0 Å². The number of rotatable bonds is 2. The van der Waals surface area contributed by atoms with E-state index < -0.39 is 0 Å². The molecule has 4 aliphatic carbocycles. The topological polar surface area (TPSA) is 56.2 Å². The van der Waals surface area contributed by atoms with Crippen LogP contribution in [0.15, 0.2) is 0 Å². The number of aliphatic hydroxyl groups excluding tert-OH is 2. The highest BCUT2D eigenvalue weighted by Gasteiger charge is 2.64. The SMILES string of the molecule is C[C@]12CC[C@@H](O)[C@H](N3CCOCC3)[C@@H]1CC[C@@H]1[C@@H]2CC[C@]2(C)[C@@H](O)[C@@H](N3CCCC3)C[C@@H]12. The largest absolute Gasteiger partial charge is 0.391 e. The van der Waals surface area contributed by atoms with E-state index in [0.717, 1.165) is 44.6 Å². The number of hydrogen-bond donors (Lipinski definition) is 2. The van der Waals surface area contributed by atoms with Crippen LogP contribution in [0.1, 0.15) is 71.6 Å². The van der Waals surface area contributed by atoms with Crippen LogP contribution in [-0.2, 0) is 4.74 Å². The molecule has 0 aromatic carbocycles. The minimum absolute atomic E-state index is 0.107. The molecule has 2 N–H and O–H groups in total. The zero-order valence-corrected chi connectivity index (χ0v) is 20.4. The fourth-order valence-electron chi connectivity index (χ4n) is 10.1. The summed E-state index contributed by atoms with van der Waals surface area (Å²) in [6.45, 7) is 11.0. The summed E-state index contributed by atoms with van der Waals surface area (Å²) in [5.74, 6) is 2.81. The third-order valence-corrected chi connectivity index (χ3v) is 11.8. The molecule has 4 saturated carbocycles. The predicted octanol–water partition coefficient (Wildman–Crippen LogP) is 3.14. The number of aliphatic hydroxyl groups is 2. The van der Waals surface area contributed by atoms with Crippen LogP contribution in [0.3, 0.4) is 0 Å². The van der Waals surface area contributed by atoms with Crippen LogP contribution in [0, 0.1) is 34.5 Å². The average Bonchev–Trinajstić information content (AvgIpc) is 3.41. The quantitative estimate of drug-likeness (QED) is 0.683. The lowest BCUT2D eigenvalue weighted by molar-refractivity contribution is -0.169. The molecule has 182 valence electrons. The van der Waals surface area contributed by atoms with Crippen molar-refractivity contribution in [2.24, 2.45) is 34.5 Å². The summed E-state index contributed by atoms with van der Waals surface area (Å²) in [7, 11) is 0. The Morgan fingerprint density at radius 2 is 1.47 bits per heavy atom. The molecule has 6 rings (SSSR count). The maximum Gasteiger partial charge on any atom is 0.0751 e. The van der Waals surface area contributed by atoms with Gasteiger partial charge in [0.15, 0.2) is 0 Å². The summed E-state index contributed by atoms with van der Waals surface area (Å²) >= 11 is 0. The lowest BCUT2D eigenvalue weighted by Crippen LogP contribution is -2.63. The average molecular weight is 447 g/mol. The molecule has 2 heterocycles. The van der Waals surface area contributed by atoms with Crippen molar-refractivity contribution in [1.29, 1.82) is 0 Å². The Hall–Kier alpha value is -0.200. The van der Waals surface area contributed by atoms with Crippen molar-refractivity contribution in [2.45, 2.75) is 95.9 Å². The standard InChI is InChI=1S/C27H46N2O3/c1-26-10-8-23(30)24(29-13-15-32-16-14-29)20(26)6-5-18-19(26)7-9-27(2)21(18)17-22(25(27)31)28-11-3-4-12-28/h18-25,30-31H,3-17H2,1-2H3/t18-,19+,20+,21+,22+,23-,24-,25+,26-,27+/m1/s1. The molecule has 32 heavy (non-hydrogen) atoms. The van der Waals surface area contributed by atoms with E-state index in [2.05, 4.69) is 23.6 Å². The highest BCUT2D eigenvalue weighted by molar-refractivity contribution is 5.14. The van der Waals surface area contributed by atoms with Crippen molar-refractivity contribution < 1.29 is 14.9 Å². The summed E-state index contributed by atoms with van der Waals surface area (Å²) in [5.41, 5.74) is 0.443. The predicted molar refractivity (Wildman–Crippen MR) is 125 cm³/mol. The Bertz CT molecular complexity index is 692. The Morgan fingerprint density at radius 3 is 2.22 bits per heavy atom. The van der Waals surface area contributed by atoms with Crippen LogP contribution in [0.2, 0.25) is 0 Å². The molecule has 0 spiro atoms. The smallest absolute Gasteiger partial charge is 0.0751 e. The van der Waals surface area contributed by atoms with Crippen LogP contribution < -0.4 is 0 Å². The van der Waals surface area contributed by atoms with Gasteiger partial charge in [-0.15, -0.1) is 0 Å². The van der Waals surface area contributed by atoms with Crippen molar-refractivity contribution >= 4 is 0 Å². The van der Waals surface area contributed by atoms with E-state index in [1.807, 2.05) is 0 Å². The molecule has 5 heteroatoms. The van der Waals surface area contributed by atoms with Gasteiger partial charge in [-0.1, -0.05) is 13.8 Å². The first-order valence-corrected chi connectivity index (χ1v) is 13.9. The highest BCUT2D eigenvalue weighted by Crippen LogP contribution is 2.67. The summed E-state index contributed by atoms with van der Waals surface area (Å²) in [6, 6.07) is 0.712. The zero-order valence-electron chi connectivity index (χ0n) is 20.4. The van der Waals surface area contributed by atoms with E-state index in [0.29, 0.717) is 29.3 Å². The molecule has 5 nitrogen and oxygen atoms in total. The molecule has 0 bridgehead atoms. The van der Waals surface area contributed by atoms with Crippen molar-refractivity contribution in [2.75, 3.05) is 39.4 Å². The van der Waals surface area contributed by atoms with Gasteiger partial charge in [0.25, 0.3) is 0 Å². The van der Waals surface area contributed by atoms with Gasteiger partial charge < -0.3 is 14.9 Å². The summed E-state index contributed by atoms with van der Waals surface area (Å²) in [6.07, 6.45) is 10.7. The molecular weight excluding hydrogens is 400 g/mol. The fourth-order valence-corrected chi connectivity index (χ4v) is 10.1. The van der Waals surface area contributed by atoms with Crippen molar-refractivity contribution in [3.8, 4) is 0 Å². The molecule has 6 aliphatic rings. The number of ether oxygens (including phenoxy) is 1. The monoisotopic (exact) mass is 446 g/mol. The molecule has 0 aromatic heterocycles. The first kappa shape index (κ1) is 22.3. The Labute approximate surface area is 194 Å². The molecule has 10 atom stereocenters. The zero-order chi connectivity index (χ0) is 22.1. The molecule has 2 aliphatic heterocycles. The maximum atomic E-state index is 11.5. The molecule has 0 aromatic rings. The van der Waals surface area contributed by atoms with E-state index in [1.54, 1.807) is 0 Å². The van der Waals surface area contributed by atoms with Crippen molar-refractivity contribution in [3.05, 3.63) is 0 Å². The number of fused-ring (bicyclic) bond motifs is 5. The van der Waals surface area contributed by atoms with Crippen LogP contribution in [0.5, 0.6) is 0 Å². The molecule has 6 fully saturated rings. The van der Waals surface area contributed by atoms with E-state index in [-0.39, 0.29) is 17.6 Å². The van der Waals surface area contributed by atoms with Gasteiger partial charge in [-0.2, -0.15) is 0 Å². The van der Waals surface area contributed by atoms with Gasteiger partial charge in [0.2, 0.25) is 0 Å².